The number of Topliss-reactive ketones (excluding diaryl/α,β-unsaturated/α-hetero) is 1. The second-order valence-electron chi connectivity index (χ2n) is 6.75. The third kappa shape index (κ3) is 2.02. The number of amides is 1. The average Bonchev–Trinajstić information content (AvgIpc) is 3.12. The Balaban J connectivity index is 1.76. The quantitative estimate of drug-likeness (QED) is 0.768. The number of ketones is 1. The highest BCUT2D eigenvalue weighted by Gasteiger charge is 2.53. The largest absolute Gasteiger partial charge is 0.342 e. The summed E-state index contributed by atoms with van der Waals surface area (Å²) in [6.07, 6.45) is 8.37. The Kier molecular flexibility index (Phi) is 3.40. The van der Waals surface area contributed by atoms with E-state index in [2.05, 4.69) is 6.92 Å². The highest BCUT2D eigenvalue weighted by Crippen LogP contribution is 2.54. The van der Waals surface area contributed by atoms with E-state index in [1.54, 1.807) is 0 Å². The lowest BCUT2D eigenvalue weighted by Gasteiger charge is -2.35. The first-order chi connectivity index (χ1) is 9.15. The molecular weight excluding hydrogens is 238 g/mol. The van der Waals surface area contributed by atoms with Gasteiger partial charge in [-0.15, -0.1) is 0 Å². The third-order valence-corrected chi connectivity index (χ3v) is 5.84. The zero-order valence-corrected chi connectivity index (χ0v) is 12.0. The van der Waals surface area contributed by atoms with E-state index in [0.29, 0.717) is 17.6 Å². The van der Waals surface area contributed by atoms with Crippen molar-refractivity contribution in [1.29, 1.82) is 0 Å². The molecule has 0 aromatic heterocycles. The van der Waals surface area contributed by atoms with Gasteiger partial charge in [0.05, 0.1) is 0 Å². The lowest BCUT2D eigenvalue weighted by atomic mass is 9.70. The van der Waals surface area contributed by atoms with Crippen molar-refractivity contribution in [3.05, 3.63) is 0 Å². The first-order valence-corrected chi connectivity index (χ1v) is 7.97. The Morgan fingerprint density at radius 2 is 1.89 bits per heavy atom. The Labute approximate surface area is 115 Å². The predicted molar refractivity (Wildman–Crippen MR) is 73.6 cm³/mol. The van der Waals surface area contributed by atoms with Crippen molar-refractivity contribution in [3.8, 4) is 0 Å². The molecule has 0 aromatic rings. The van der Waals surface area contributed by atoms with Crippen LogP contribution in [0.25, 0.3) is 0 Å². The van der Waals surface area contributed by atoms with Crippen LogP contribution in [-0.2, 0) is 9.59 Å². The van der Waals surface area contributed by atoms with Crippen LogP contribution in [0.15, 0.2) is 0 Å². The van der Waals surface area contributed by atoms with Crippen LogP contribution in [0.1, 0.15) is 58.3 Å². The van der Waals surface area contributed by atoms with Crippen molar-refractivity contribution >= 4 is 11.7 Å². The number of hydrogen-bond donors (Lipinski definition) is 0. The van der Waals surface area contributed by atoms with Crippen LogP contribution in [0, 0.1) is 17.3 Å². The van der Waals surface area contributed by atoms with E-state index in [4.69, 9.17) is 0 Å². The molecule has 1 spiro atoms. The summed E-state index contributed by atoms with van der Waals surface area (Å²) in [6, 6.07) is 0. The molecule has 0 radical (unpaired) electrons. The molecule has 1 aliphatic heterocycles. The highest BCUT2D eigenvalue weighted by molar-refractivity contribution is 5.89. The van der Waals surface area contributed by atoms with Crippen molar-refractivity contribution in [2.45, 2.75) is 58.3 Å². The summed E-state index contributed by atoms with van der Waals surface area (Å²) in [6.45, 7) is 3.93. The summed E-state index contributed by atoms with van der Waals surface area (Å²) in [5.74, 6) is 1.12. The molecule has 3 rings (SSSR count). The minimum Gasteiger partial charge on any atom is -0.342 e. The molecule has 3 heteroatoms. The lowest BCUT2D eigenvalue weighted by molar-refractivity contribution is -0.139. The minimum absolute atomic E-state index is 0.0441. The van der Waals surface area contributed by atoms with Gasteiger partial charge in [0.15, 0.2) is 0 Å². The number of carbonyl (C=O) groups is 2. The van der Waals surface area contributed by atoms with Crippen molar-refractivity contribution < 1.29 is 9.59 Å². The topological polar surface area (TPSA) is 37.4 Å². The van der Waals surface area contributed by atoms with Crippen LogP contribution in [0.2, 0.25) is 0 Å². The normalized spacial score (nSPS) is 36.4. The minimum atomic E-state index is -0.116. The zero-order chi connectivity index (χ0) is 13.5. The summed E-state index contributed by atoms with van der Waals surface area (Å²) in [7, 11) is 0. The molecule has 19 heavy (non-hydrogen) atoms. The molecule has 1 amide bonds. The van der Waals surface area contributed by atoms with Crippen LogP contribution in [0.4, 0.5) is 0 Å². The van der Waals surface area contributed by atoms with E-state index in [1.807, 2.05) is 4.90 Å². The molecule has 106 valence electrons. The second kappa shape index (κ2) is 4.92. The van der Waals surface area contributed by atoms with Crippen LogP contribution in [0.3, 0.4) is 0 Å². The van der Waals surface area contributed by atoms with Gasteiger partial charge in [-0.1, -0.05) is 13.3 Å². The van der Waals surface area contributed by atoms with Crippen molar-refractivity contribution in [1.82, 2.24) is 4.90 Å². The van der Waals surface area contributed by atoms with E-state index in [9.17, 15) is 9.59 Å². The van der Waals surface area contributed by atoms with Crippen LogP contribution in [-0.4, -0.2) is 29.7 Å². The van der Waals surface area contributed by atoms with Crippen molar-refractivity contribution in [3.63, 3.8) is 0 Å². The average molecular weight is 263 g/mol. The van der Waals surface area contributed by atoms with Gasteiger partial charge in [0, 0.05) is 30.8 Å². The third-order valence-electron chi connectivity index (χ3n) is 5.84. The second-order valence-corrected chi connectivity index (χ2v) is 6.75. The van der Waals surface area contributed by atoms with Crippen LogP contribution in [0.5, 0.6) is 0 Å². The van der Waals surface area contributed by atoms with E-state index < -0.39 is 0 Å². The Morgan fingerprint density at radius 1 is 1.21 bits per heavy atom. The molecule has 1 saturated heterocycles. The van der Waals surface area contributed by atoms with Gasteiger partial charge in [0.25, 0.3) is 0 Å². The maximum Gasteiger partial charge on any atom is 0.225 e. The molecule has 3 unspecified atom stereocenters. The van der Waals surface area contributed by atoms with Gasteiger partial charge < -0.3 is 4.90 Å². The number of nitrogens with zero attached hydrogens (tertiary/aromatic N) is 1. The molecule has 1 heterocycles. The van der Waals surface area contributed by atoms with E-state index in [1.165, 1.54) is 0 Å². The van der Waals surface area contributed by atoms with Gasteiger partial charge in [-0.05, 0) is 44.4 Å². The molecular formula is C16H25NO2. The predicted octanol–water partition coefficient (Wildman–Crippen LogP) is 2.78. The molecule has 2 aliphatic carbocycles. The maximum absolute atomic E-state index is 12.6. The summed E-state index contributed by atoms with van der Waals surface area (Å²) >= 11 is 0. The molecule has 0 bridgehead atoms. The molecule has 0 N–H and O–H groups in total. The Morgan fingerprint density at radius 3 is 2.53 bits per heavy atom. The lowest BCUT2D eigenvalue weighted by Crippen LogP contribution is -2.42. The summed E-state index contributed by atoms with van der Waals surface area (Å²) < 4.78 is 0. The monoisotopic (exact) mass is 263 g/mol. The fraction of sp³-hybridized carbons (Fsp3) is 0.875. The standard InChI is InChI=1S/C16H25NO2/c1-12(15(19)17-10-2-3-11-17)13-6-4-8-16(13)9-5-7-14(16)18/h12-13H,2-11H2,1H3. The van der Waals surface area contributed by atoms with Gasteiger partial charge in [0.1, 0.15) is 5.78 Å². The number of hydrogen-bond acceptors (Lipinski definition) is 2. The van der Waals surface area contributed by atoms with Gasteiger partial charge in [-0.25, -0.2) is 0 Å². The summed E-state index contributed by atoms with van der Waals surface area (Å²) in [5, 5.41) is 0. The van der Waals surface area contributed by atoms with Crippen LogP contribution >= 0.6 is 0 Å². The molecule has 3 aliphatic rings. The fourth-order valence-electron chi connectivity index (χ4n) is 4.83. The molecule has 3 atom stereocenters. The first kappa shape index (κ1) is 13.1. The summed E-state index contributed by atoms with van der Waals surface area (Å²) in [5.41, 5.74) is -0.116. The molecule has 2 saturated carbocycles. The summed E-state index contributed by atoms with van der Waals surface area (Å²) in [4.78, 5) is 26.9. The Bertz CT molecular complexity index is 382. The Hall–Kier alpha value is -0.860. The maximum atomic E-state index is 12.6. The number of likely N-dealkylation sites (tertiary alicyclic amines) is 1. The van der Waals surface area contributed by atoms with Crippen molar-refractivity contribution in [2.24, 2.45) is 17.3 Å². The first-order valence-electron chi connectivity index (χ1n) is 7.97. The SMILES string of the molecule is CC(C(=O)N1CCCC1)C1CCCC12CCCC2=O. The smallest absolute Gasteiger partial charge is 0.225 e. The van der Waals surface area contributed by atoms with Gasteiger partial charge in [-0.2, -0.15) is 0 Å². The fourth-order valence-corrected chi connectivity index (χ4v) is 4.83. The molecule has 3 nitrogen and oxygen atoms in total. The van der Waals surface area contributed by atoms with Crippen LogP contribution < -0.4 is 0 Å². The van der Waals surface area contributed by atoms with E-state index >= 15 is 0 Å². The van der Waals surface area contributed by atoms with E-state index in [0.717, 1.165) is 64.5 Å². The van der Waals surface area contributed by atoms with Gasteiger partial charge >= 0.3 is 0 Å². The zero-order valence-electron chi connectivity index (χ0n) is 12.0. The van der Waals surface area contributed by atoms with E-state index in [-0.39, 0.29) is 11.3 Å². The molecule has 0 aromatic carbocycles. The van der Waals surface area contributed by atoms with Gasteiger partial charge in [-0.3, -0.25) is 9.59 Å². The van der Waals surface area contributed by atoms with Gasteiger partial charge in [0.2, 0.25) is 5.91 Å². The number of carbonyl (C=O) groups excluding carboxylic acids is 2. The van der Waals surface area contributed by atoms with Crippen molar-refractivity contribution in [2.75, 3.05) is 13.1 Å². The number of rotatable bonds is 2. The highest BCUT2D eigenvalue weighted by atomic mass is 16.2. The molecule has 3 fully saturated rings.